The zero-order chi connectivity index (χ0) is 13.1. The van der Waals surface area contributed by atoms with Gasteiger partial charge >= 0.3 is 10.1 Å². The van der Waals surface area contributed by atoms with Crippen molar-refractivity contribution in [3.63, 3.8) is 0 Å². The van der Waals surface area contributed by atoms with Crippen molar-refractivity contribution in [2.24, 2.45) is 0 Å². The number of benzene rings is 1. The summed E-state index contributed by atoms with van der Waals surface area (Å²) in [5.41, 5.74) is 2.04. The zero-order valence-electron chi connectivity index (χ0n) is 10.1. The van der Waals surface area contributed by atoms with Crippen molar-refractivity contribution in [3.8, 4) is 0 Å². The van der Waals surface area contributed by atoms with Crippen molar-refractivity contribution in [2.45, 2.75) is 6.54 Å². The van der Waals surface area contributed by atoms with E-state index in [9.17, 15) is 8.42 Å². The standard InChI is InChI=1S/C12H17NO3S/c1-4-11-5-7-12(8-6-11)9-13(2,3)10-17(14,15)16/h4-8H,1,9-10H2,2-3H3/p+1. The van der Waals surface area contributed by atoms with E-state index in [-0.39, 0.29) is 10.4 Å². The fourth-order valence-corrected chi connectivity index (χ4v) is 2.72. The van der Waals surface area contributed by atoms with Gasteiger partial charge in [-0.15, -0.1) is 0 Å². The fourth-order valence-electron chi connectivity index (χ4n) is 1.74. The summed E-state index contributed by atoms with van der Waals surface area (Å²) < 4.78 is 30.8. The molecule has 5 heteroatoms. The molecule has 0 aromatic heterocycles. The molecular formula is C12H18NO3S+. The third-order valence-electron chi connectivity index (χ3n) is 2.34. The summed E-state index contributed by atoms with van der Waals surface area (Å²) in [6.07, 6.45) is 1.75. The minimum Gasteiger partial charge on any atom is -0.310 e. The van der Waals surface area contributed by atoms with Crippen molar-refractivity contribution < 1.29 is 17.5 Å². The fraction of sp³-hybridized carbons (Fsp3) is 0.333. The van der Waals surface area contributed by atoms with Crippen LogP contribution in [0.25, 0.3) is 6.08 Å². The minimum atomic E-state index is -3.96. The first-order valence-corrected chi connectivity index (χ1v) is 6.81. The van der Waals surface area contributed by atoms with Crippen molar-refractivity contribution in [1.29, 1.82) is 0 Å². The summed E-state index contributed by atoms with van der Waals surface area (Å²) in [4.78, 5) is 0. The van der Waals surface area contributed by atoms with Gasteiger partial charge in [-0.3, -0.25) is 4.55 Å². The Morgan fingerprint density at radius 1 is 1.29 bits per heavy atom. The van der Waals surface area contributed by atoms with Gasteiger partial charge in [0.05, 0.1) is 14.1 Å². The highest BCUT2D eigenvalue weighted by atomic mass is 32.2. The molecule has 0 saturated heterocycles. The molecule has 0 saturated carbocycles. The van der Waals surface area contributed by atoms with Gasteiger partial charge in [0.15, 0.2) is 0 Å². The second kappa shape index (κ2) is 5.00. The number of hydrogen-bond acceptors (Lipinski definition) is 2. The Balaban J connectivity index is 2.78. The molecule has 0 unspecified atom stereocenters. The van der Waals surface area contributed by atoms with Gasteiger partial charge in [-0.25, -0.2) is 0 Å². The summed E-state index contributed by atoms with van der Waals surface area (Å²) in [7, 11) is -0.440. The highest BCUT2D eigenvalue weighted by Crippen LogP contribution is 2.12. The van der Waals surface area contributed by atoms with Gasteiger partial charge in [0.1, 0.15) is 6.54 Å². The van der Waals surface area contributed by atoms with E-state index in [4.69, 9.17) is 4.55 Å². The predicted octanol–water partition coefficient (Wildman–Crippen LogP) is 1.75. The SMILES string of the molecule is C=Cc1ccc(C[N+](C)(C)CS(=O)(=O)O)cc1. The van der Waals surface area contributed by atoms with Gasteiger partial charge in [-0.1, -0.05) is 36.9 Å². The van der Waals surface area contributed by atoms with E-state index in [0.717, 1.165) is 11.1 Å². The molecule has 0 bridgehead atoms. The van der Waals surface area contributed by atoms with Crippen LogP contribution in [0.3, 0.4) is 0 Å². The average molecular weight is 256 g/mol. The predicted molar refractivity (Wildman–Crippen MR) is 68.8 cm³/mol. The van der Waals surface area contributed by atoms with Crippen LogP contribution >= 0.6 is 0 Å². The number of hydrogen-bond donors (Lipinski definition) is 1. The third kappa shape index (κ3) is 5.12. The van der Waals surface area contributed by atoms with Crippen molar-refractivity contribution >= 4 is 16.2 Å². The van der Waals surface area contributed by atoms with Gasteiger partial charge in [0.25, 0.3) is 0 Å². The first kappa shape index (κ1) is 13.9. The van der Waals surface area contributed by atoms with E-state index in [0.29, 0.717) is 6.54 Å². The Labute approximate surface area is 103 Å². The molecule has 0 aliphatic carbocycles. The van der Waals surface area contributed by atoms with E-state index in [1.165, 1.54) is 0 Å². The maximum atomic E-state index is 10.9. The van der Waals surface area contributed by atoms with E-state index >= 15 is 0 Å². The molecule has 0 aliphatic heterocycles. The highest BCUT2D eigenvalue weighted by molar-refractivity contribution is 7.85. The van der Waals surface area contributed by atoms with Crippen molar-refractivity contribution in [3.05, 3.63) is 42.0 Å². The van der Waals surface area contributed by atoms with Gasteiger partial charge in [-0.05, 0) is 5.56 Å². The number of rotatable bonds is 5. The molecule has 0 fully saturated rings. The Kier molecular flexibility index (Phi) is 4.08. The Morgan fingerprint density at radius 3 is 2.24 bits per heavy atom. The summed E-state index contributed by atoms with van der Waals surface area (Å²) in [5, 5.41) is 0. The minimum absolute atomic E-state index is 0.187. The van der Waals surface area contributed by atoms with Crippen LogP contribution < -0.4 is 0 Å². The zero-order valence-corrected chi connectivity index (χ0v) is 10.9. The average Bonchev–Trinajstić information content (AvgIpc) is 2.14. The van der Waals surface area contributed by atoms with Crippen LogP contribution in [0.2, 0.25) is 0 Å². The Hall–Kier alpha value is -1.17. The molecule has 94 valence electrons. The monoisotopic (exact) mass is 256 g/mol. The van der Waals surface area contributed by atoms with Gasteiger partial charge in [0, 0.05) is 5.56 Å². The number of nitrogens with zero attached hydrogens (tertiary/aromatic N) is 1. The van der Waals surface area contributed by atoms with Crippen LogP contribution in [0.4, 0.5) is 0 Å². The second-order valence-corrected chi connectivity index (χ2v) is 6.17. The van der Waals surface area contributed by atoms with Gasteiger partial charge in [-0.2, -0.15) is 8.42 Å². The molecule has 0 radical (unpaired) electrons. The lowest BCUT2D eigenvalue weighted by molar-refractivity contribution is -0.892. The van der Waals surface area contributed by atoms with E-state index in [1.54, 1.807) is 20.2 Å². The molecular weight excluding hydrogens is 238 g/mol. The molecule has 1 rings (SSSR count). The van der Waals surface area contributed by atoms with Crippen LogP contribution in [0, 0.1) is 0 Å². The molecule has 0 spiro atoms. The Morgan fingerprint density at radius 2 is 1.82 bits per heavy atom. The molecule has 1 aromatic carbocycles. The molecule has 17 heavy (non-hydrogen) atoms. The second-order valence-electron chi connectivity index (χ2n) is 4.75. The summed E-state index contributed by atoms with van der Waals surface area (Å²) in [6.45, 7) is 4.21. The summed E-state index contributed by atoms with van der Waals surface area (Å²) >= 11 is 0. The van der Waals surface area contributed by atoms with Crippen LogP contribution in [0.5, 0.6) is 0 Å². The lowest BCUT2D eigenvalue weighted by Gasteiger charge is -2.28. The third-order valence-corrected chi connectivity index (χ3v) is 3.36. The van der Waals surface area contributed by atoms with Crippen LogP contribution in [-0.2, 0) is 16.7 Å². The summed E-state index contributed by atoms with van der Waals surface area (Å²) in [6, 6.07) is 7.72. The van der Waals surface area contributed by atoms with E-state index in [1.807, 2.05) is 24.3 Å². The lowest BCUT2D eigenvalue weighted by atomic mass is 10.1. The topological polar surface area (TPSA) is 54.4 Å². The molecule has 4 nitrogen and oxygen atoms in total. The first-order chi connectivity index (χ1) is 7.72. The van der Waals surface area contributed by atoms with E-state index in [2.05, 4.69) is 6.58 Å². The molecule has 0 aliphatic rings. The van der Waals surface area contributed by atoms with Crippen LogP contribution in [-0.4, -0.2) is 37.4 Å². The number of quaternary nitrogens is 1. The van der Waals surface area contributed by atoms with E-state index < -0.39 is 10.1 Å². The van der Waals surface area contributed by atoms with Crippen LogP contribution in [0.15, 0.2) is 30.8 Å². The van der Waals surface area contributed by atoms with Gasteiger partial charge in [0.2, 0.25) is 5.88 Å². The highest BCUT2D eigenvalue weighted by Gasteiger charge is 2.23. The lowest BCUT2D eigenvalue weighted by Crippen LogP contribution is -2.42. The molecule has 0 atom stereocenters. The maximum absolute atomic E-state index is 10.9. The normalized spacial score (nSPS) is 12.4. The maximum Gasteiger partial charge on any atom is 0.316 e. The van der Waals surface area contributed by atoms with Gasteiger partial charge < -0.3 is 4.48 Å². The van der Waals surface area contributed by atoms with Crippen LogP contribution in [0.1, 0.15) is 11.1 Å². The smallest absolute Gasteiger partial charge is 0.310 e. The quantitative estimate of drug-likeness (QED) is 0.645. The molecule has 1 N–H and O–H groups in total. The molecule has 0 heterocycles. The largest absolute Gasteiger partial charge is 0.316 e. The first-order valence-electron chi connectivity index (χ1n) is 5.20. The molecule has 1 aromatic rings. The Bertz CT molecular complexity index is 489. The summed E-state index contributed by atoms with van der Waals surface area (Å²) in [5.74, 6) is -0.295. The van der Waals surface area contributed by atoms with Crippen molar-refractivity contribution in [1.82, 2.24) is 0 Å². The molecule has 0 amide bonds. The van der Waals surface area contributed by atoms with Crippen molar-refractivity contribution in [2.75, 3.05) is 20.0 Å².